The molecular formula is C54H54Cl2O2SiZr. The average molecular weight is 925 g/mol. The summed E-state index contributed by atoms with van der Waals surface area (Å²) in [6.45, 7) is 13.3. The first-order chi connectivity index (χ1) is 29.1. The van der Waals surface area contributed by atoms with Crippen LogP contribution < -0.4 is 0 Å². The molecule has 4 aromatic carbocycles. The van der Waals surface area contributed by atoms with Crippen molar-refractivity contribution in [2.24, 2.45) is 0 Å². The van der Waals surface area contributed by atoms with Gasteiger partial charge in [0.25, 0.3) is 0 Å². The van der Waals surface area contributed by atoms with Crippen LogP contribution in [0.2, 0.25) is 12.1 Å². The van der Waals surface area contributed by atoms with Crippen molar-refractivity contribution in [3.63, 3.8) is 0 Å². The second-order valence-electron chi connectivity index (χ2n) is 17.9. The molecule has 6 heteroatoms. The molecule has 2 aromatic heterocycles. The molecule has 2 nitrogen and oxygen atoms in total. The van der Waals surface area contributed by atoms with Gasteiger partial charge in [0.05, 0.1) is 0 Å². The Labute approximate surface area is 378 Å². The van der Waals surface area contributed by atoms with E-state index in [2.05, 4.69) is 139 Å². The van der Waals surface area contributed by atoms with Crippen LogP contribution in [0.15, 0.2) is 93.8 Å². The molecule has 60 heavy (non-hydrogen) atoms. The van der Waals surface area contributed by atoms with Crippen molar-refractivity contribution in [2.75, 3.05) is 0 Å². The van der Waals surface area contributed by atoms with E-state index in [1.54, 1.807) is 22.3 Å². The van der Waals surface area contributed by atoms with Crippen molar-refractivity contribution in [2.45, 2.75) is 116 Å². The average Bonchev–Trinajstić information content (AvgIpc) is 4.11. The number of benzene rings is 4. The predicted octanol–water partition coefficient (Wildman–Crippen LogP) is 15.9. The van der Waals surface area contributed by atoms with Crippen LogP contribution in [0.4, 0.5) is 0 Å². The van der Waals surface area contributed by atoms with Gasteiger partial charge in [-0.25, -0.2) is 0 Å². The number of hydrogen-bond acceptors (Lipinski definition) is 2. The molecule has 0 aliphatic heterocycles. The fraction of sp³-hybridized carbons (Fsp3) is 0.333. The third-order valence-electron chi connectivity index (χ3n) is 13.5. The first-order valence-electron chi connectivity index (χ1n) is 21.9. The molecule has 0 spiro atoms. The van der Waals surface area contributed by atoms with Gasteiger partial charge < -0.3 is 8.83 Å². The molecular weight excluding hydrogens is 871 g/mol. The summed E-state index contributed by atoms with van der Waals surface area (Å²) in [6.07, 6.45) is 12.2. The Hall–Kier alpha value is -3.40. The van der Waals surface area contributed by atoms with Gasteiger partial charge in [-0.1, -0.05) is 88.4 Å². The first kappa shape index (κ1) is 41.9. The van der Waals surface area contributed by atoms with E-state index in [1.807, 2.05) is 0 Å². The Kier molecular flexibility index (Phi) is 12.4. The van der Waals surface area contributed by atoms with Crippen LogP contribution in [0.5, 0.6) is 0 Å². The standard InChI is InChI=1S/C54H54O2Si.2ClH.Zr/c1-31(2)35-15-19-37(20-16-35)53-41-11-7-9-39(41)25-43-47(53)27-45(51-23-13-33(5)55-51)49(43)29-57-30-50-44-26-40-10-8-12-42(40)54(38-21-17-36(18-22-38)32(3)4)48(44)28-46(50)52-24-14-34(6)56-52;;;/h13-28,31-32,49-50H,7-12,29-30H2,1-6H3;2*1H;/q;;;+2/p-2. The Morgan fingerprint density at radius 1 is 0.583 bits per heavy atom. The molecule has 6 aromatic rings. The van der Waals surface area contributed by atoms with E-state index >= 15 is 0 Å². The summed E-state index contributed by atoms with van der Waals surface area (Å²) in [7, 11) is 10.6. The topological polar surface area (TPSA) is 26.3 Å². The zero-order chi connectivity index (χ0) is 41.7. The molecule has 2 atom stereocenters. The van der Waals surface area contributed by atoms with Crippen molar-refractivity contribution in [3.8, 4) is 22.3 Å². The third kappa shape index (κ3) is 7.94. The predicted molar refractivity (Wildman–Crippen MR) is 251 cm³/mol. The van der Waals surface area contributed by atoms with Crippen LogP contribution in [0.3, 0.4) is 0 Å². The monoisotopic (exact) mass is 922 g/mol. The van der Waals surface area contributed by atoms with Gasteiger partial charge in [0.1, 0.15) is 23.0 Å². The number of allylic oxidation sites excluding steroid dienone is 2. The van der Waals surface area contributed by atoms with E-state index in [0.29, 0.717) is 23.7 Å². The van der Waals surface area contributed by atoms with Crippen molar-refractivity contribution >= 4 is 49.8 Å². The van der Waals surface area contributed by atoms with E-state index in [-0.39, 0.29) is 0 Å². The summed E-state index contributed by atoms with van der Waals surface area (Å²) in [4.78, 5) is 0. The quantitative estimate of drug-likeness (QED) is 0.128. The number of rotatable bonds is 10. The minimum absolute atomic E-state index is 0.303. The normalized spacial score (nSPS) is 17.3. The molecule has 10 rings (SSSR count). The molecule has 0 fully saturated rings. The number of hydrogen-bond donors (Lipinski definition) is 0. The van der Waals surface area contributed by atoms with Crippen molar-refractivity contribution in [1.82, 2.24) is 0 Å². The molecule has 2 radical (unpaired) electrons. The van der Waals surface area contributed by atoms with Gasteiger partial charge in [-0.2, -0.15) is 0 Å². The van der Waals surface area contributed by atoms with Crippen LogP contribution in [0, 0.1) is 13.8 Å². The molecule has 0 N–H and O–H groups in total. The summed E-state index contributed by atoms with van der Waals surface area (Å²) in [5.41, 5.74) is 23.2. The number of fused-ring (bicyclic) bond motifs is 4. The second-order valence-corrected chi connectivity index (χ2v) is 22.9. The van der Waals surface area contributed by atoms with E-state index in [0.717, 1.165) is 57.5 Å². The van der Waals surface area contributed by atoms with Gasteiger partial charge in [0.2, 0.25) is 0 Å². The number of aryl methyl sites for hydroxylation is 4. The van der Waals surface area contributed by atoms with E-state index in [9.17, 15) is 0 Å². The molecule has 4 aliphatic carbocycles. The van der Waals surface area contributed by atoms with E-state index in [4.69, 9.17) is 25.9 Å². The molecule has 0 amide bonds. The molecule has 0 saturated heterocycles. The number of furan rings is 2. The second kappa shape index (κ2) is 17.8. The van der Waals surface area contributed by atoms with Gasteiger partial charge in [0.15, 0.2) is 0 Å². The fourth-order valence-electron chi connectivity index (χ4n) is 10.5. The van der Waals surface area contributed by atoms with Crippen molar-refractivity contribution in [1.29, 1.82) is 0 Å². The maximum atomic E-state index is 6.45. The van der Waals surface area contributed by atoms with E-state index in [1.165, 1.54) is 92.5 Å². The van der Waals surface area contributed by atoms with Gasteiger partial charge in [-0.3, -0.25) is 0 Å². The first-order valence-corrected chi connectivity index (χ1v) is 29.7. The van der Waals surface area contributed by atoms with Crippen LogP contribution in [-0.4, -0.2) is 9.52 Å². The number of halogens is 2. The van der Waals surface area contributed by atoms with Crippen molar-refractivity contribution < 1.29 is 29.7 Å². The Morgan fingerprint density at radius 2 is 0.983 bits per heavy atom. The Bertz CT molecular complexity index is 2430. The van der Waals surface area contributed by atoms with Crippen molar-refractivity contribution in [3.05, 3.63) is 164 Å². The minimum atomic E-state index is -0.826. The molecule has 304 valence electrons. The Balaban J connectivity index is 0.00000150. The zero-order valence-electron chi connectivity index (χ0n) is 35.8. The van der Waals surface area contributed by atoms with Crippen LogP contribution in [-0.2, 0) is 46.5 Å². The molecule has 0 bridgehead atoms. The van der Waals surface area contributed by atoms with Crippen LogP contribution >= 0.6 is 17.0 Å². The summed E-state index contributed by atoms with van der Waals surface area (Å²) in [5, 5.41) is 0. The molecule has 2 heterocycles. The summed E-state index contributed by atoms with van der Waals surface area (Å²) in [5.74, 6) is 5.66. The molecule has 0 saturated carbocycles. The van der Waals surface area contributed by atoms with E-state index < -0.39 is 20.8 Å². The zero-order valence-corrected chi connectivity index (χ0v) is 40.7. The van der Waals surface area contributed by atoms with Gasteiger partial charge in [0, 0.05) is 32.5 Å². The third-order valence-corrected chi connectivity index (χ3v) is 14.9. The summed E-state index contributed by atoms with van der Waals surface area (Å²) >= 11 is -0.826. The SMILES string of the molecule is Cc1ccc(C2=Cc3c(cc4c(c3-c3ccc(C(C)C)cc3)CCC4)C2C[Si]CC2C(c3ccc(C)o3)=Cc3c2cc2c(c3-c3ccc(C(C)C)cc3)CCC2)o1.[Cl][Zr][Cl]. The van der Waals surface area contributed by atoms with Gasteiger partial charge in [-0.05, 0) is 191 Å². The fourth-order valence-corrected chi connectivity index (χ4v) is 12.1. The maximum absolute atomic E-state index is 6.45. The molecule has 4 aliphatic rings. The summed E-state index contributed by atoms with van der Waals surface area (Å²) in [6, 6.07) is 35.0. The molecule has 2 unspecified atom stereocenters. The van der Waals surface area contributed by atoms with Crippen LogP contribution in [0.25, 0.3) is 45.6 Å². The van der Waals surface area contributed by atoms with Gasteiger partial charge in [-0.15, -0.1) is 0 Å². The Morgan fingerprint density at radius 3 is 1.33 bits per heavy atom. The summed E-state index contributed by atoms with van der Waals surface area (Å²) < 4.78 is 12.9. The van der Waals surface area contributed by atoms with Crippen LogP contribution in [0.1, 0.15) is 143 Å². The van der Waals surface area contributed by atoms with Gasteiger partial charge >= 0.3 is 37.9 Å².